The van der Waals surface area contributed by atoms with Gasteiger partial charge in [-0.1, -0.05) is 55.7 Å². The summed E-state index contributed by atoms with van der Waals surface area (Å²) in [5, 5.41) is 3.85. The number of likely N-dealkylation sites (tertiary alicyclic amines) is 1. The lowest BCUT2D eigenvalue weighted by Gasteiger charge is -2.32. The lowest BCUT2D eigenvalue weighted by molar-refractivity contribution is -0.134. The van der Waals surface area contributed by atoms with E-state index >= 15 is 0 Å². The Morgan fingerprint density at radius 3 is 2.60 bits per heavy atom. The van der Waals surface area contributed by atoms with E-state index in [1.807, 2.05) is 48.5 Å². The number of nitrogens with zero attached hydrogens (tertiary/aromatic N) is 1. The van der Waals surface area contributed by atoms with E-state index in [2.05, 4.69) is 10.3 Å². The number of Topliss-reactive ketones (excluding diaryl/α,β-unsaturated/α-hetero) is 2. The van der Waals surface area contributed by atoms with E-state index in [1.165, 1.54) is 0 Å². The minimum atomic E-state index is -0.864. The number of hydrogen-bond acceptors (Lipinski definition) is 6. The van der Waals surface area contributed by atoms with Crippen LogP contribution in [0.1, 0.15) is 73.8 Å². The minimum absolute atomic E-state index is 0.0167. The van der Waals surface area contributed by atoms with Crippen molar-refractivity contribution in [1.29, 1.82) is 0 Å². The van der Waals surface area contributed by atoms with E-state index in [1.54, 1.807) is 18.1 Å². The van der Waals surface area contributed by atoms with Gasteiger partial charge in [0, 0.05) is 29.8 Å². The van der Waals surface area contributed by atoms with Crippen molar-refractivity contribution in [3.63, 3.8) is 0 Å². The van der Waals surface area contributed by atoms with Crippen molar-refractivity contribution in [2.24, 2.45) is 17.8 Å². The summed E-state index contributed by atoms with van der Waals surface area (Å²) in [4.78, 5) is 59.6. The first-order valence-corrected chi connectivity index (χ1v) is 16.4. The number of aromatic nitrogens is 1. The molecule has 0 radical (unpaired) electrons. The second kappa shape index (κ2) is 14.0. The SMILES string of the molecule is COc1cccc2[nH]c(C(=O)N3C[C@H]4CCCC[C@H]4[C@@H]3C(=O)N[C@@H](C[C@@H]3CCCCC3=O)C(=O)COCc3ccccc3)cc12. The molecule has 3 fully saturated rings. The number of fused-ring (bicyclic) bond motifs is 2. The number of hydrogen-bond donors (Lipinski definition) is 2. The maximum atomic E-state index is 14.2. The molecule has 1 saturated heterocycles. The van der Waals surface area contributed by atoms with Gasteiger partial charge in [0.15, 0.2) is 5.78 Å². The summed E-state index contributed by atoms with van der Waals surface area (Å²) in [5.41, 5.74) is 2.14. The van der Waals surface area contributed by atoms with Crippen LogP contribution in [0.4, 0.5) is 0 Å². The number of ketones is 2. The number of benzene rings is 2. The Morgan fingerprint density at radius 2 is 1.80 bits per heavy atom. The second-order valence-electron chi connectivity index (χ2n) is 12.9. The highest BCUT2D eigenvalue weighted by Crippen LogP contribution is 2.41. The van der Waals surface area contributed by atoms with Gasteiger partial charge in [-0.2, -0.15) is 0 Å². The minimum Gasteiger partial charge on any atom is -0.496 e. The lowest BCUT2D eigenvalue weighted by atomic mass is 9.78. The van der Waals surface area contributed by atoms with E-state index in [0.717, 1.165) is 55.0 Å². The number of carbonyl (C=O) groups is 4. The molecule has 2 N–H and O–H groups in total. The number of methoxy groups -OCH3 is 1. The van der Waals surface area contributed by atoms with Crippen molar-refractivity contribution in [2.75, 3.05) is 20.3 Å². The number of nitrogens with one attached hydrogen (secondary N) is 2. The Labute approximate surface area is 264 Å². The summed E-state index contributed by atoms with van der Waals surface area (Å²) < 4.78 is 11.3. The quantitative estimate of drug-likeness (QED) is 0.306. The molecule has 2 amide bonds. The number of ether oxygens (including phenoxy) is 2. The molecule has 3 aliphatic rings. The molecule has 0 spiro atoms. The second-order valence-corrected chi connectivity index (χ2v) is 12.9. The summed E-state index contributed by atoms with van der Waals surface area (Å²) in [7, 11) is 1.60. The predicted octanol–water partition coefficient (Wildman–Crippen LogP) is 5.23. The van der Waals surface area contributed by atoms with Gasteiger partial charge in [-0.05, 0) is 67.7 Å². The molecule has 2 saturated carbocycles. The highest BCUT2D eigenvalue weighted by atomic mass is 16.5. The molecule has 45 heavy (non-hydrogen) atoms. The monoisotopic (exact) mass is 613 g/mol. The molecule has 0 unspecified atom stereocenters. The van der Waals surface area contributed by atoms with Crippen LogP contribution in [0, 0.1) is 17.8 Å². The molecule has 9 nitrogen and oxygen atoms in total. The van der Waals surface area contributed by atoms with Crippen LogP contribution in [0.15, 0.2) is 54.6 Å². The topological polar surface area (TPSA) is 118 Å². The number of H-pyrrole nitrogens is 1. The molecule has 0 bridgehead atoms. The molecule has 2 aliphatic carbocycles. The first kappa shape index (κ1) is 31.0. The number of carbonyl (C=O) groups excluding carboxylic acids is 4. The molecular weight excluding hydrogens is 570 g/mol. The van der Waals surface area contributed by atoms with Crippen LogP contribution in [0.3, 0.4) is 0 Å². The maximum Gasteiger partial charge on any atom is 0.271 e. The third-order valence-corrected chi connectivity index (χ3v) is 10.0. The van der Waals surface area contributed by atoms with Crippen LogP contribution >= 0.6 is 0 Å². The van der Waals surface area contributed by atoms with Gasteiger partial charge in [-0.25, -0.2) is 0 Å². The van der Waals surface area contributed by atoms with Crippen LogP contribution < -0.4 is 10.1 Å². The highest BCUT2D eigenvalue weighted by Gasteiger charge is 2.49. The smallest absolute Gasteiger partial charge is 0.271 e. The Morgan fingerprint density at radius 1 is 1.00 bits per heavy atom. The first-order chi connectivity index (χ1) is 21.9. The van der Waals surface area contributed by atoms with Gasteiger partial charge in [-0.3, -0.25) is 19.2 Å². The number of rotatable bonds is 11. The van der Waals surface area contributed by atoms with Crippen molar-refractivity contribution in [3.8, 4) is 5.75 Å². The third-order valence-electron chi connectivity index (χ3n) is 10.0. The molecule has 238 valence electrons. The zero-order valence-corrected chi connectivity index (χ0v) is 26.0. The Hall–Kier alpha value is -3.98. The average molecular weight is 614 g/mol. The van der Waals surface area contributed by atoms with Gasteiger partial charge >= 0.3 is 0 Å². The van der Waals surface area contributed by atoms with E-state index in [-0.39, 0.29) is 60.8 Å². The molecule has 5 atom stereocenters. The van der Waals surface area contributed by atoms with Crippen molar-refractivity contribution >= 4 is 34.3 Å². The van der Waals surface area contributed by atoms with Gasteiger partial charge in [0.25, 0.3) is 5.91 Å². The first-order valence-electron chi connectivity index (χ1n) is 16.4. The average Bonchev–Trinajstić information content (AvgIpc) is 3.68. The highest BCUT2D eigenvalue weighted by molar-refractivity contribution is 6.02. The van der Waals surface area contributed by atoms with Crippen LogP contribution in [0.25, 0.3) is 10.9 Å². The van der Waals surface area contributed by atoms with Gasteiger partial charge in [0.1, 0.15) is 29.9 Å². The zero-order chi connectivity index (χ0) is 31.3. The Balaban J connectivity index is 1.22. The van der Waals surface area contributed by atoms with E-state index in [4.69, 9.17) is 9.47 Å². The van der Waals surface area contributed by atoms with Crippen molar-refractivity contribution in [3.05, 3.63) is 65.9 Å². The fourth-order valence-electron chi connectivity index (χ4n) is 7.66. The molecule has 6 rings (SSSR count). The number of amides is 2. The van der Waals surface area contributed by atoms with E-state index in [9.17, 15) is 19.2 Å². The van der Waals surface area contributed by atoms with E-state index < -0.39 is 12.1 Å². The van der Waals surface area contributed by atoms with Crippen molar-refractivity contribution in [1.82, 2.24) is 15.2 Å². The van der Waals surface area contributed by atoms with Crippen LogP contribution in [0.2, 0.25) is 0 Å². The summed E-state index contributed by atoms with van der Waals surface area (Å²) in [5.74, 6) is -0.0271. The van der Waals surface area contributed by atoms with Crippen LogP contribution in [-0.2, 0) is 25.7 Å². The maximum absolute atomic E-state index is 14.2. The zero-order valence-electron chi connectivity index (χ0n) is 26.0. The summed E-state index contributed by atoms with van der Waals surface area (Å²) >= 11 is 0. The van der Waals surface area contributed by atoms with Crippen molar-refractivity contribution < 1.29 is 28.7 Å². The fourth-order valence-corrected chi connectivity index (χ4v) is 7.66. The number of aromatic amines is 1. The van der Waals surface area contributed by atoms with Gasteiger partial charge in [0.05, 0.1) is 19.8 Å². The largest absolute Gasteiger partial charge is 0.496 e. The van der Waals surface area contributed by atoms with Gasteiger partial charge in [-0.15, -0.1) is 0 Å². The summed E-state index contributed by atoms with van der Waals surface area (Å²) in [6, 6.07) is 15.5. The molecule has 3 aromatic rings. The molecule has 1 aromatic heterocycles. The predicted molar refractivity (Wildman–Crippen MR) is 170 cm³/mol. The van der Waals surface area contributed by atoms with E-state index in [0.29, 0.717) is 30.8 Å². The molecule has 2 aromatic carbocycles. The third kappa shape index (κ3) is 6.83. The molecule has 2 heterocycles. The van der Waals surface area contributed by atoms with Crippen molar-refractivity contribution in [2.45, 2.75) is 76.5 Å². The lowest BCUT2D eigenvalue weighted by Crippen LogP contribution is -2.54. The van der Waals surface area contributed by atoms with Gasteiger partial charge < -0.3 is 24.7 Å². The molecule has 1 aliphatic heterocycles. The molecule has 9 heteroatoms. The van der Waals surface area contributed by atoms with Gasteiger partial charge in [0.2, 0.25) is 5.91 Å². The van der Waals surface area contributed by atoms with Crippen LogP contribution in [-0.4, -0.2) is 65.6 Å². The standard InChI is InChI=1S/C36H43N3O6/c1-44-33-17-9-15-28-27(33)19-30(37-28)36(43)39-20-25-13-5-7-14-26(25)34(39)35(42)38-29(18-24-12-6-8-16-31(24)40)32(41)22-45-21-23-10-3-2-4-11-23/h2-4,9-11,15,17,19,24-26,29,34,37H,5-8,12-14,16,18,20-22H2,1H3,(H,38,42)/t24-,25+,26+,29-,34+/m0/s1. The van der Waals surface area contributed by atoms with Crippen LogP contribution in [0.5, 0.6) is 5.75 Å². The fraction of sp³-hybridized carbons (Fsp3) is 0.500. The Kier molecular flexibility index (Phi) is 9.64. The summed E-state index contributed by atoms with van der Waals surface area (Å²) in [6.07, 6.45) is 7.17. The normalized spacial score (nSPS) is 23.8. The summed E-state index contributed by atoms with van der Waals surface area (Å²) in [6.45, 7) is 0.602. The molecular formula is C36H43N3O6. The Bertz CT molecular complexity index is 1530.